The lowest BCUT2D eigenvalue weighted by atomic mass is 10.2. The van der Waals surface area contributed by atoms with Crippen LogP contribution in [0.5, 0.6) is 11.5 Å². The van der Waals surface area contributed by atoms with Gasteiger partial charge in [0.05, 0.1) is 21.3 Å². The Bertz CT molecular complexity index is 680. The van der Waals surface area contributed by atoms with Gasteiger partial charge < -0.3 is 18.9 Å². The summed E-state index contributed by atoms with van der Waals surface area (Å²) in [5.74, 6) is 1.49. The Morgan fingerprint density at radius 3 is 2.55 bits per heavy atom. The van der Waals surface area contributed by atoms with E-state index in [1.165, 1.54) is 10.5 Å². The van der Waals surface area contributed by atoms with Gasteiger partial charge in [-0.05, 0) is 37.3 Å². The fraction of sp³-hybridized carbons (Fsp3) is 0.467. The number of hydrogen-bond acceptors (Lipinski definition) is 4. The molecule has 1 aromatic carbocycles. The number of hydrogen-bond donors (Lipinski definition) is 1. The first-order valence-electron chi connectivity index (χ1n) is 7.23. The third-order valence-corrected chi connectivity index (χ3v) is 3.96. The fourth-order valence-electron chi connectivity index (χ4n) is 2.35. The van der Waals surface area contributed by atoms with Crippen molar-refractivity contribution in [3.8, 4) is 11.5 Å². The first-order valence-corrected chi connectivity index (χ1v) is 7.64. The van der Waals surface area contributed by atoms with Crippen molar-refractivity contribution in [2.75, 3.05) is 21.3 Å². The molecular weight excluding hydrogens is 300 g/mol. The molecule has 0 aliphatic carbocycles. The smallest absolute Gasteiger partial charge is 0.202 e. The summed E-state index contributed by atoms with van der Waals surface area (Å²) in [7, 11) is 5.40. The largest absolute Gasteiger partial charge is 0.493 e. The molecule has 120 valence electrons. The van der Waals surface area contributed by atoms with Crippen LogP contribution in [-0.2, 0) is 19.8 Å². The molecule has 0 saturated carbocycles. The van der Waals surface area contributed by atoms with Crippen molar-refractivity contribution >= 4 is 12.2 Å². The third-order valence-electron chi connectivity index (χ3n) is 3.51. The van der Waals surface area contributed by atoms with Gasteiger partial charge in [0.25, 0.3) is 0 Å². The Balaban J connectivity index is 2.07. The van der Waals surface area contributed by atoms with Crippen LogP contribution in [0.3, 0.4) is 0 Å². The second kappa shape index (κ2) is 7.42. The number of nitrogens with one attached hydrogen (secondary N) is 1. The van der Waals surface area contributed by atoms with E-state index in [2.05, 4.69) is 25.1 Å². The zero-order valence-corrected chi connectivity index (χ0v) is 14.3. The maximum absolute atomic E-state index is 5.39. The van der Waals surface area contributed by atoms with Crippen molar-refractivity contribution in [2.24, 2.45) is 0 Å². The van der Waals surface area contributed by atoms with Gasteiger partial charge in [-0.2, -0.15) is 9.78 Å². The van der Waals surface area contributed by atoms with Gasteiger partial charge in [0.1, 0.15) is 12.9 Å². The predicted molar refractivity (Wildman–Crippen MR) is 86.9 cm³/mol. The van der Waals surface area contributed by atoms with E-state index >= 15 is 0 Å². The van der Waals surface area contributed by atoms with E-state index in [1.54, 1.807) is 20.5 Å². The molecule has 0 radical (unpaired) electrons. The summed E-state index contributed by atoms with van der Waals surface area (Å²) in [6, 6.07) is 5.99. The van der Waals surface area contributed by atoms with Crippen LogP contribution in [0.2, 0.25) is 0 Å². The fourth-order valence-corrected chi connectivity index (χ4v) is 2.64. The van der Waals surface area contributed by atoms with Crippen molar-refractivity contribution in [1.29, 1.82) is 0 Å². The minimum absolute atomic E-state index is 0.722. The van der Waals surface area contributed by atoms with Gasteiger partial charge in [-0.1, -0.05) is 0 Å². The minimum atomic E-state index is 0.722. The van der Waals surface area contributed by atoms with Crippen LogP contribution in [0.25, 0.3) is 0 Å². The average molecular weight is 323 g/mol. The maximum Gasteiger partial charge on any atom is 0.202 e. The quantitative estimate of drug-likeness (QED) is 0.776. The summed E-state index contributed by atoms with van der Waals surface area (Å²) in [4.78, 5) is 1.28. The van der Waals surface area contributed by atoms with E-state index in [0.29, 0.717) is 0 Å². The SMILES string of the molecule is CCn1cnn(C[NH+](C)Cc2ccc(OC)c(OC)c2)c1=S. The number of aromatic nitrogens is 3. The van der Waals surface area contributed by atoms with Gasteiger partial charge in [-0.3, -0.25) is 0 Å². The highest BCUT2D eigenvalue weighted by Crippen LogP contribution is 2.27. The zero-order valence-electron chi connectivity index (χ0n) is 13.5. The van der Waals surface area contributed by atoms with Gasteiger partial charge in [0.2, 0.25) is 4.77 Å². The molecule has 0 aliphatic rings. The molecule has 1 unspecified atom stereocenters. The molecule has 0 fully saturated rings. The van der Waals surface area contributed by atoms with Crippen LogP contribution in [0.4, 0.5) is 0 Å². The molecule has 1 N–H and O–H groups in total. The van der Waals surface area contributed by atoms with Crippen molar-refractivity contribution in [3.05, 3.63) is 34.9 Å². The minimum Gasteiger partial charge on any atom is -0.493 e. The lowest BCUT2D eigenvalue weighted by molar-refractivity contribution is -0.917. The van der Waals surface area contributed by atoms with Crippen molar-refractivity contribution < 1.29 is 14.4 Å². The van der Waals surface area contributed by atoms with Gasteiger partial charge in [0.15, 0.2) is 18.2 Å². The predicted octanol–water partition coefficient (Wildman–Crippen LogP) is 1.12. The average Bonchev–Trinajstić information content (AvgIpc) is 2.87. The number of ether oxygens (including phenoxy) is 2. The molecule has 0 aliphatic heterocycles. The van der Waals surface area contributed by atoms with E-state index in [0.717, 1.165) is 36.0 Å². The van der Waals surface area contributed by atoms with Crippen LogP contribution in [0.1, 0.15) is 12.5 Å². The van der Waals surface area contributed by atoms with E-state index in [4.69, 9.17) is 21.7 Å². The van der Waals surface area contributed by atoms with Crippen molar-refractivity contribution in [2.45, 2.75) is 26.7 Å². The summed E-state index contributed by atoms with van der Waals surface area (Å²) >= 11 is 5.39. The molecule has 1 atom stereocenters. The molecule has 0 saturated heterocycles. The van der Waals surface area contributed by atoms with Gasteiger partial charge >= 0.3 is 0 Å². The Morgan fingerprint density at radius 2 is 1.95 bits per heavy atom. The van der Waals surface area contributed by atoms with E-state index < -0.39 is 0 Å². The number of nitrogens with zero attached hydrogens (tertiary/aromatic N) is 3. The Morgan fingerprint density at radius 1 is 1.23 bits per heavy atom. The van der Waals surface area contributed by atoms with E-state index in [9.17, 15) is 0 Å². The highest BCUT2D eigenvalue weighted by Gasteiger charge is 2.10. The number of methoxy groups -OCH3 is 2. The van der Waals surface area contributed by atoms with E-state index in [-0.39, 0.29) is 0 Å². The Hall–Kier alpha value is -1.86. The molecule has 0 bridgehead atoms. The molecule has 2 rings (SSSR count). The molecule has 7 heteroatoms. The summed E-state index contributed by atoms with van der Waals surface area (Å²) in [5.41, 5.74) is 1.18. The number of rotatable bonds is 7. The highest BCUT2D eigenvalue weighted by atomic mass is 32.1. The lowest BCUT2D eigenvalue weighted by Gasteiger charge is -2.15. The molecular formula is C15H23N4O2S+. The molecule has 1 aromatic heterocycles. The normalized spacial score (nSPS) is 12.2. The maximum atomic E-state index is 5.39. The topological polar surface area (TPSA) is 45.7 Å². The standard InChI is InChI=1S/C15H22N4O2S/c1-5-18-10-16-19(15(18)22)11-17(2)9-12-6-7-13(20-3)14(8-12)21-4/h6-8,10H,5,9,11H2,1-4H3/p+1. The third kappa shape index (κ3) is 3.66. The summed E-state index contributed by atoms with van der Waals surface area (Å²) in [6.45, 7) is 4.47. The van der Waals surface area contributed by atoms with Gasteiger partial charge in [0, 0.05) is 12.1 Å². The van der Waals surface area contributed by atoms with Crippen LogP contribution in [-0.4, -0.2) is 35.6 Å². The second-order valence-electron chi connectivity index (χ2n) is 5.18. The van der Waals surface area contributed by atoms with Crippen LogP contribution in [0, 0.1) is 4.77 Å². The van der Waals surface area contributed by atoms with Crippen LogP contribution < -0.4 is 14.4 Å². The van der Waals surface area contributed by atoms with Gasteiger partial charge in [-0.25, -0.2) is 0 Å². The summed E-state index contributed by atoms with van der Waals surface area (Å²) < 4.78 is 15.2. The van der Waals surface area contributed by atoms with Crippen LogP contribution >= 0.6 is 12.2 Å². The molecule has 6 nitrogen and oxygen atoms in total. The lowest BCUT2D eigenvalue weighted by Crippen LogP contribution is -3.07. The second-order valence-corrected chi connectivity index (χ2v) is 5.55. The summed E-state index contributed by atoms with van der Waals surface area (Å²) in [6.07, 6.45) is 1.78. The zero-order chi connectivity index (χ0) is 16.1. The van der Waals surface area contributed by atoms with Crippen molar-refractivity contribution in [3.63, 3.8) is 0 Å². The van der Waals surface area contributed by atoms with E-state index in [1.807, 2.05) is 21.4 Å². The Labute approximate surface area is 135 Å². The first-order chi connectivity index (χ1) is 10.6. The highest BCUT2D eigenvalue weighted by molar-refractivity contribution is 7.71. The van der Waals surface area contributed by atoms with Crippen molar-refractivity contribution in [1.82, 2.24) is 14.3 Å². The molecule has 2 aromatic rings. The Kier molecular flexibility index (Phi) is 5.57. The number of aryl methyl sites for hydroxylation is 1. The molecule has 22 heavy (non-hydrogen) atoms. The number of quaternary nitrogens is 1. The molecule has 0 amide bonds. The molecule has 0 spiro atoms. The molecule has 1 heterocycles. The first kappa shape index (κ1) is 16.5. The van der Waals surface area contributed by atoms with Gasteiger partial charge in [-0.15, -0.1) is 0 Å². The van der Waals surface area contributed by atoms with Crippen LogP contribution in [0.15, 0.2) is 24.5 Å². The summed E-state index contributed by atoms with van der Waals surface area (Å²) in [5, 5.41) is 4.34. The monoisotopic (exact) mass is 323 g/mol. The number of benzene rings is 1.